The molecule has 1 aromatic rings. The lowest BCUT2D eigenvalue weighted by atomic mass is 9.98. The molecular formula is C20H26N4O3. The minimum Gasteiger partial charge on any atom is -0.391 e. The third kappa shape index (κ3) is 4.58. The zero-order chi connectivity index (χ0) is 19.4. The fourth-order valence-corrected chi connectivity index (χ4v) is 3.52. The first-order chi connectivity index (χ1) is 12.9. The summed E-state index contributed by atoms with van der Waals surface area (Å²) in [6.45, 7) is 2.68. The van der Waals surface area contributed by atoms with E-state index in [-0.39, 0.29) is 24.3 Å². The van der Waals surface area contributed by atoms with E-state index >= 15 is 0 Å². The van der Waals surface area contributed by atoms with Crippen molar-refractivity contribution in [3.8, 4) is 6.07 Å². The summed E-state index contributed by atoms with van der Waals surface area (Å²) in [4.78, 5) is 26.8. The molecule has 1 aliphatic heterocycles. The zero-order valence-electron chi connectivity index (χ0n) is 15.6. The molecule has 2 fully saturated rings. The van der Waals surface area contributed by atoms with Crippen LogP contribution >= 0.6 is 0 Å². The van der Waals surface area contributed by atoms with E-state index in [4.69, 9.17) is 0 Å². The van der Waals surface area contributed by atoms with Crippen molar-refractivity contribution in [2.75, 3.05) is 25.0 Å². The van der Waals surface area contributed by atoms with Crippen LogP contribution in [-0.2, 0) is 4.79 Å². The largest absolute Gasteiger partial charge is 0.391 e. The number of nitriles is 1. The van der Waals surface area contributed by atoms with Gasteiger partial charge in [-0.25, -0.2) is 0 Å². The van der Waals surface area contributed by atoms with Crippen LogP contribution in [-0.4, -0.2) is 53.1 Å². The van der Waals surface area contributed by atoms with Crippen molar-refractivity contribution in [1.29, 1.82) is 5.26 Å². The van der Waals surface area contributed by atoms with Crippen LogP contribution in [0.2, 0.25) is 0 Å². The molecule has 27 heavy (non-hydrogen) atoms. The molecule has 1 aliphatic carbocycles. The summed E-state index contributed by atoms with van der Waals surface area (Å²) in [5, 5.41) is 25.0. The molecule has 1 saturated heterocycles. The molecule has 2 aliphatic rings. The summed E-state index contributed by atoms with van der Waals surface area (Å²) >= 11 is 0. The van der Waals surface area contributed by atoms with Gasteiger partial charge in [0, 0.05) is 18.8 Å². The number of hydrogen-bond acceptors (Lipinski definition) is 5. The van der Waals surface area contributed by atoms with Gasteiger partial charge in [0.05, 0.1) is 24.3 Å². The normalized spacial score (nSPS) is 21.7. The maximum atomic E-state index is 12.8. The van der Waals surface area contributed by atoms with E-state index in [1.165, 1.54) is 0 Å². The highest BCUT2D eigenvalue weighted by Gasteiger charge is 2.42. The molecular weight excluding hydrogens is 344 g/mol. The number of anilines is 1. The Balaban J connectivity index is 1.63. The molecule has 1 aromatic carbocycles. The van der Waals surface area contributed by atoms with Gasteiger partial charge in [-0.05, 0) is 50.7 Å². The van der Waals surface area contributed by atoms with Gasteiger partial charge in [-0.2, -0.15) is 5.26 Å². The van der Waals surface area contributed by atoms with Crippen molar-refractivity contribution in [2.24, 2.45) is 5.92 Å². The number of piperidine rings is 1. The number of aliphatic hydroxyl groups is 1. The van der Waals surface area contributed by atoms with Crippen LogP contribution in [0, 0.1) is 17.2 Å². The minimum atomic E-state index is -0.835. The molecule has 7 nitrogen and oxygen atoms in total. The summed E-state index contributed by atoms with van der Waals surface area (Å²) in [6.07, 6.45) is 2.91. The number of carbonyl (C=O) groups excluding carboxylic acids is 2. The van der Waals surface area contributed by atoms with Gasteiger partial charge in [0.1, 0.15) is 5.54 Å². The molecule has 0 spiro atoms. The van der Waals surface area contributed by atoms with E-state index in [9.17, 15) is 20.0 Å². The summed E-state index contributed by atoms with van der Waals surface area (Å²) in [5.41, 5.74) is 0.213. The van der Waals surface area contributed by atoms with Crippen LogP contribution in [0.4, 0.5) is 5.69 Å². The Morgan fingerprint density at radius 3 is 2.74 bits per heavy atom. The molecule has 0 aromatic heterocycles. The smallest absolute Gasteiger partial charge is 0.256 e. The van der Waals surface area contributed by atoms with E-state index in [0.29, 0.717) is 30.8 Å². The first-order valence-electron chi connectivity index (χ1n) is 9.45. The Hall–Kier alpha value is -2.59. The molecule has 7 heteroatoms. The van der Waals surface area contributed by atoms with Crippen LogP contribution in [0.5, 0.6) is 0 Å². The Morgan fingerprint density at radius 1 is 1.33 bits per heavy atom. The third-order valence-electron chi connectivity index (χ3n) is 5.31. The summed E-state index contributed by atoms with van der Waals surface area (Å²) in [6, 6.07) is 9.25. The topological polar surface area (TPSA) is 105 Å². The van der Waals surface area contributed by atoms with E-state index < -0.39 is 11.6 Å². The maximum absolute atomic E-state index is 12.8. The number of nitrogens with zero attached hydrogens (tertiary/aromatic N) is 2. The molecule has 0 radical (unpaired) electrons. The van der Waals surface area contributed by atoms with Crippen molar-refractivity contribution in [3.63, 3.8) is 0 Å². The standard InChI is InChI=1S/C20H26N4O3/c1-20(13-21,14-8-9-14)23-18(26)11-22-17-7-3-2-6-16(17)19(27)24-10-4-5-15(25)12-24/h2-3,6-7,14-15,22,25H,4-5,8-12H2,1H3,(H,23,26)/t15-,20-/m0/s1. The number of rotatable bonds is 6. The Morgan fingerprint density at radius 2 is 2.07 bits per heavy atom. The van der Waals surface area contributed by atoms with Crippen LogP contribution in [0.3, 0.4) is 0 Å². The highest BCUT2D eigenvalue weighted by Crippen LogP contribution is 2.39. The second-order valence-corrected chi connectivity index (χ2v) is 7.58. The Bertz CT molecular complexity index is 756. The van der Waals surface area contributed by atoms with Gasteiger partial charge in [-0.3, -0.25) is 9.59 Å². The fourth-order valence-electron chi connectivity index (χ4n) is 3.52. The molecule has 1 saturated carbocycles. The molecule has 0 bridgehead atoms. The van der Waals surface area contributed by atoms with Gasteiger partial charge >= 0.3 is 0 Å². The number of nitrogens with one attached hydrogen (secondary N) is 2. The molecule has 1 heterocycles. The van der Waals surface area contributed by atoms with Crippen molar-refractivity contribution in [1.82, 2.24) is 10.2 Å². The monoisotopic (exact) mass is 370 g/mol. The number of hydrogen-bond donors (Lipinski definition) is 3. The SMILES string of the molecule is C[C@@](C#N)(NC(=O)CNc1ccccc1C(=O)N1CCC[C@H](O)C1)C1CC1. The number of aliphatic hydroxyl groups excluding tert-OH is 1. The van der Waals surface area contributed by atoms with Gasteiger partial charge in [-0.15, -0.1) is 0 Å². The number of carbonyl (C=O) groups is 2. The van der Waals surface area contributed by atoms with Crippen LogP contribution in [0.1, 0.15) is 43.0 Å². The van der Waals surface area contributed by atoms with E-state index in [1.807, 2.05) is 0 Å². The first kappa shape index (κ1) is 19.2. The van der Waals surface area contributed by atoms with Gasteiger partial charge in [-0.1, -0.05) is 12.1 Å². The van der Waals surface area contributed by atoms with Crippen molar-refractivity contribution >= 4 is 17.5 Å². The number of β-amino-alcohol motifs (C(OH)–C–C–N with tert-alkyl or cyclic N) is 1. The van der Waals surface area contributed by atoms with Crippen LogP contribution in [0.15, 0.2) is 24.3 Å². The molecule has 144 valence electrons. The predicted molar refractivity (Wildman–Crippen MR) is 101 cm³/mol. The highest BCUT2D eigenvalue weighted by atomic mass is 16.3. The van der Waals surface area contributed by atoms with Crippen molar-refractivity contribution < 1.29 is 14.7 Å². The lowest BCUT2D eigenvalue weighted by molar-refractivity contribution is -0.120. The van der Waals surface area contributed by atoms with Gasteiger partial charge in [0.15, 0.2) is 0 Å². The Kier molecular flexibility index (Phi) is 5.66. The number of benzene rings is 1. The average Bonchev–Trinajstić information content (AvgIpc) is 3.52. The molecule has 3 rings (SSSR count). The molecule has 0 unspecified atom stereocenters. The van der Waals surface area contributed by atoms with E-state index in [2.05, 4.69) is 16.7 Å². The minimum absolute atomic E-state index is 0.0170. The lowest BCUT2D eigenvalue weighted by Crippen LogP contribution is -2.48. The van der Waals surface area contributed by atoms with Crippen LogP contribution < -0.4 is 10.6 Å². The molecule has 2 atom stereocenters. The van der Waals surface area contributed by atoms with Gasteiger partial charge in [0.2, 0.25) is 5.91 Å². The Labute approximate surface area is 159 Å². The fraction of sp³-hybridized carbons (Fsp3) is 0.550. The first-order valence-corrected chi connectivity index (χ1v) is 9.45. The van der Waals surface area contributed by atoms with E-state index in [1.54, 1.807) is 36.1 Å². The predicted octanol–water partition coefficient (Wildman–Crippen LogP) is 1.50. The number of likely N-dealkylation sites (tertiary alicyclic amines) is 1. The molecule has 3 N–H and O–H groups in total. The van der Waals surface area contributed by atoms with Crippen LogP contribution in [0.25, 0.3) is 0 Å². The summed E-state index contributed by atoms with van der Waals surface area (Å²) in [7, 11) is 0. The second kappa shape index (κ2) is 7.97. The third-order valence-corrected chi connectivity index (χ3v) is 5.31. The quantitative estimate of drug-likeness (QED) is 0.704. The van der Waals surface area contributed by atoms with Gasteiger partial charge < -0.3 is 20.6 Å². The van der Waals surface area contributed by atoms with Crippen molar-refractivity contribution in [2.45, 2.75) is 44.2 Å². The van der Waals surface area contributed by atoms with E-state index in [0.717, 1.165) is 19.3 Å². The maximum Gasteiger partial charge on any atom is 0.256 e. The molecule has 2 amide bonds. The summed E-state index contributed by atoms with van der Waals surface area (Å²) < 4.78 is 0. The second-order valence-electron chi connectivity index (χ2n) is 7.58. The van der Waals surface area contributed by atoms with Crippen molar-refractivity contribution in [3.05, 3.63) is 29.8 Å². The van der Waals surface area contributed by atoms with Gasteiger partial charge in [0.25, 0.3) is 5.91 Å². The summed E-state index contributed by atoms with van der Waals surface area (Å²) in [5.74, 6) is -0.218. The average molecular weight is 370 g/mol. The number of para-hydroxylation sites is 1. The zero-order valence-corrected chi connectivity index (χ0v) is 15.6. The lowest BCUT2D eigenvalue weighted by Gasteiger charge is -2.30. The highest BCUT2D eigenvalue weighted by molar-refractivity contribution is 6.00. The number of amides is 2.